The Morgan fingerprint density at radius 2 is 1.97 bits per heavy atom. The molecule has 0 saturated carbocycles. The molecule has 7 nitrogen and oxygen atoms in total. The van der Waals surface area contributed by atoms with E-state index in [4.69, 9.17) is 54.0 Å². The maximum absolute atomic E-state index is 12.3. The number of hydrogen-bond donors (Lipinski definition) is 0. The van der Waals surface area contributed by atoms with E-state index < -0.39 is 12.1 Å². The van der Waals surface area contributed by atoms with Crippen LogP contribution < -0.4 is 4.74 Å². The lowest BCUT2D eigenvalue weighted by molar-refractivity contribution is -0.342. The van der Waals surface area contributed by atoms with Crippen LogP contribution in [0.1, 0.15) is 26.2 Å². The van der Waals surface area contributed by atoms with Crippen LogP contribution >= 0.6 is 34.8 Å². The molecule has 3 rings (SSSR count). The summed E-state index contributed by atoms with van der Waals surface area (Å²) < 4.78 is 11.4. The number of carbonyl (C=O) groups is 1. The summed E-state index contributed by atoms with van der Waals surface area (Å²) in [5, 5.41) is 2.09. The minimum absolute atomic E-state index is 0.0283. The van der Waals surface area contributed by atoms with E-state index in [0.29, 0.717) is 27.2 Å². The van der Waals surface area contributed by atoms with Gasteiger partial charge in [0.1, 0.15) is 23.0 Å². The molecule has 1 aromatic rings. The van der Waals surface area contributed by atoms with Gasteiger partial charge in [-0.05, 0) is 49.7 Å². The van der Waals surface area contributed by atoms with Crippen molar-refractivity contribution in [3.63, 3.8) is 0 Å². The first-order chi connectivity index (χ1) is 13.9. The van der Waals surface area contributed by atoms with Crippen molar-refractivity contribution < 1.29 is 23.9 Å². The van der Waals surface area contributed by atoms with E-state index in [2.05, 4.69) is 11.9 Å². The highest BCUT2D eigenvalue weighted by atomic mass is 35.5. The van der Waals surface area contributed by atoms with Gasteiger partial charge in [-0.1, -0.05) is 41.7 Å². The SMILES string of the molecule is CCC1ON(OC(=O)COc2ccc(Cl)cc2Cl)C(OC2CCN(C)CC2)=C1Cl. The second-order valence-electron chi connectivity index (χ2n) is 6.86. The number of ether oxygens (including phenoxy) is 2. The summed E-state index contributed by atoms with van der Waals surface area (Å²) in [4.78, 5) is 25.4. The number of carbonyl (C=O) groups excluding carboxylic acids is 1. The Balaban J connectivity index is 1.59. The van der Waals surface area contributed by atoms with Gasteiger partial charge in [-0.3, -0.25) is 0 Å². The third-order valence-corrected chi connectivity index (χ3v) is 5.55. The molecular formula is C19H23Cl3N2O5. The van der Waals surface area contributed by atoms with Crippen LogP contribution in [-0.2, 0) is 19.2 Å². The highest BCUT2D eigenvalue weighted by Gasteiger charge is 2.37. The van der Waals surface area contributed by atoms with Crippen molar-refractivity contribution in [2.24, 2.45) is 0 Å². The average molecular weight is 466 g/mol. The molecule has 29 heavy (non-hydrogen) atoms. The normalized spacial score (nSPS) is 20.9. The second-order valence-corrected chi connectivity index (χ2v) is 8.11. The summed E-state index contributed by atoms with van der Waals surface area (Å²) in [7, 11) is 2.06. The lowest BCUT2D eigenvalue weighted by atomic mass is 10.1. The van der Waals surface area contributed by atoms with Gasteiger partial charge in [0.05, 0.1) is 5.02 Å². The standard InChI is InChI=1S/C19H23Cl3N2O5/c1-3-15-18(22)19(27-13-6-8-23(2)9-7-13)24(28-15)29-17(25)11-26-16-5-4-12(20)10-14(16)21/h4-5,10,13,15H,3,6-9,11H2,1-2H3. The van der Waals surface area contributed by atoms with Gasteiger partial charge >= 0.3 is 5.97 Å². The van der Waals surface area contributed by atoms with E-state index in [1.807, 2.05) is 6.92 Å². The van der Waals surface area contributed by atoms with E-state index in [1.165, 1.54) is 6.07 Å². The zero-order chi connectivity index (χ0) is 21.0. The van der Waals surface area contributed by atoms with Crippen LogP contribution in [0.5, 0.6) is 5.75 Å². The van der Waals surface area contributed by atoms with E-state index >= 15 is 0 Å². The van der Waals surface area contributed by atoms with E-state index in [1.54, 1.807) is 12.1 Å². The lowest BCUT2D eigenvalue weighted by Gasteiger charge is -2.30. The van der Waals surface area contributed by atoms with Crippen LogP contribution in [0.15, 0.2) is 29.1 Å². The molecule has 10 heteroatoms. The first-order valence-corrected chi connectivity index (χ1v) is 10.5. The van der Waals surface area contributed by atoms with Crippen molar-refractivity contribution >= 4 is 40.8 Å². The molecule has 0 spiro atoms. The number of piperidine rings is 1. The van der Waals surface area contributed by atoms with Gasteiger partial charge in [-0.25, -0.2) is 9.63 Å². The van der Waals surface area contributed by atoms with E-state index in [0.717, 1.165) is 31.2 Å². The van der Waals surface area contributed by atoms with Crippen LogP contribution in [0.25, 0.3) is 0 Å². The number of halogens is 3. The first-order valence-electron chi connectivity index (χ1n) is 9.37. The largest absolute Gasteiger partial charge is 0.480 e. The molecule has 2 aliphatic rings. The fourth-order valence-electron chi connectivity index (χ4n) is 2.96. The van der Waals surface area contributed by atoms with E-state index in [9.17, 15) is 4.79 Å². The smallest absolute Gasteiger partial charge is 0.372 e. The fraction of sp³-hybridized carbons (Fsp3) is 0.526. The van der Waals surface area contributed by atoms with Crippen molar-refractivity contribution in [2.45, 2.75) is 38.4 Å². The Kier molecular flexibility index (Phi) is 7.76. The number of hydrogen-bond acceptors (Lipinski definition) is 7. The molecular weight excluding hydrogens is 443 g/mol. The summed E-state index contributed by atoms with van der Waals surface area (Å²) in [6.07, 6.45) is 1.84. The quantitative estimate of drug-likeness (QED) is 0.592. The minimum Gasteiger partial charge on any atom is -0.480 e. The molecule has 160 valence electrons. The topological polar surface area (TPSA) is 60.5 Å². The van der Waals surface area contributed by atoms with Gasteiger partial charge in [0.15, 0.2) is 6.61 Å². The van der Waals surface area contributed by atoms with Crippen LogP contribution in [0, 0.1) is 0 Å². The average Bonchev–Trinajstić information content (AvgIpc) is 2.97. The van der Waals surface area contributed by atoms with Crippen molar-refractivity contribution in [3.05, 3.63) is 39.2 Å². The Morgan fingerprint density at radius 3 is 2.62 bits per heavy atom. The van der Waals surface area contributed by atoms with Crippen molar-refractivity contribution in [1.82, 2.24) is 10.1 Å². The molecule has 1 fully saturated rings. The molecule has 0 bridgehead atoms. The lowest BCUT2D eigenvalue weighted by Crippen LogP contribution is -2.36. The molecule has 2 aliphatic heterocycles. The van der Waals surface area contributed by atoms with Crippen LogP contribution in [-0.4, -0.2) is 55.0 Å². The maximum atomic E-state index is 12.3. The monoisotopic (exact) mass is 464 g/mol. The van der Waals surface area contributed by atoms with Gasteiger partial charge in [0.2, 0.25) is 0 Å². The van der Waals surface area contributed by atoms with Crippen LogP contribution in [0.2, 0.25) is 10.0 Å². The molecule has 0 N–H and O–H groups in total. The third-order valence-electron chi connectivity index (χ3n) is 4.61. The summed E-state index contributed by atoms with van der Waals surface area (Å²) in [6, 6.07) is 4.71. The molecule has 0 aromatic heterocycles. The van der Waals surface area contributed by atoms with Gasteiger partial charge in [0.25, 0.3) is 5.88 Å². The van der Waals surface area contributed by atoms with E-state index in [-0.39, 0.29) is 18.6 Å². The van der Waals surface area contributed by atoms with Crippen LogP contribution in [0.3, 0.4) is 0 Å². The van der Waals surface area contributed by atoms with Crippen molar-refractivity contribution in [2.75, 3.05) is 26.7 Å². The molecule has 0 aliphatic carbocycles. The highest BCUT2D eigenvalue weighted by Crippen LogP contribution is 2.34. The molecule has 2 heterocycles. The Hall–Kier alpha value is -1.38. The fourth-order valence-corrected chi connectivity index (χ4v) is 3.73. The summed E-state index contributed by atoms with van der Waals surface area (Å²) in [6.45, 7) is 3.38. The van der Waals surface area contributed by atoms with Gasteiger partial charge < -0.3 is 19.2 Å². The third kappa shape index (κ3) is 5.83. The molecule has 0 radical (unpaired) electrons. The maximum Gasteiger partial charge on any atom is 0.372 e. The minimum atomic E-state index is -0.693. The Bertz CT molecular complexity index is 768. The number of likely N-dealkylation sites (tertiary alicyclic amines) is 1. The number of rotatable bonds is 7. The summed E-state index contributed by atoms with van der Waals surface area (Å²) in [5.41, 5.74) is 0. The molecule has 1 unspecified atom stereocenters. The Labute approximate surface area is 184 Å². The first kappa shape index (κ1) is 22.3. The molecule has 1 aromatic carbocycles. The number of benzene rings is 1. The van der Waals surface area contributed by atoms with Crippen LogP contribution in [0.4, 0.5) is 0 Å². The predicted molar refractivity (Wildman–Crippen MR) is 110 cm³/mol. The van der Waals surface area contributed by atoms with Crippen molar-refractivity contribution in [1.29, 1.82) is 0 Å². The van der Waals surface area contributed by atoms with Gasteiger partial charge in [-0.2, -0.15) is 0 Å². The van der Waals surface area contributed by atoms with Gasteiger partial charge in [0, 0.05) is 18.1 Å². The molecule has 0 amide bonds. The number of nitrogens with zero attached hydrogens (tertiary/aromatic N) is 2. The second kappa shape index (κ2) is 10.1. The zero-order valence-electron chi connectivity index (χ0n) is 16.2. The molecule has 1 saturated heterocycles. The summed E-state index contributed by atoms with van der Waals surface area (Å²) >= 11 is 18.3. The summed E-state index contributed by atoms with van der Waals surface area (Å²) in [5.74, 6) is -0.161. The molecule has 1 atom stereocenters. The zero-order valence-corrected chi connectivity index (χ0v) is 18.5. The van der Waals surface area contributed by atoms with Gasteiger partial charge in [-0.15, -0.1) is 0 Å². The number of hydroxylamine groups is 2. The Morgan fingerprint density at radius 1 is 1.24 bits per heavy atom. The highest BCUT2D eigenvalue weighted by molar-refractivity contribution is 6.35. The van der Waals surface area contributed by atoms with Crippen molar-refractivity contribution in [3.8, 4) is 5.75 Å². The predicted octanol–water partition coefficient (Wildman–Crippen LogP) is 4.37.